The normalized spacial score (nSPS) is 11.6. The molecule has 2 nitrogen and oxygen atoms in total. The first kappa shape index (κ1) is 12.5. The van der Waals surface area contributed by atoms with E-state index in [0.29, 0.717) is 6.04 Å². The minimum absolute atomic E-state index is 0.489. The van der Waals surface area contributed by atoms with Gasteiger partial charge in [0.25, 0.3) is 0 Å². The Labute approximate surface area is 108 Å². The van der Waals surface area contributed by atoms with E-state index in [9.17, 15) is 0 Å². The van der Waals surface area contributed by atoms with Gasteiger partial charge in [-0.2, -0.15) is 0 Å². The van der Waals surface area contributed by atoms with Gasteiger partial charge in [0.1, 0.15) is 0 Å². The third kappa shape index (κ3) is 2.20. The Bertz CT molecular complexity index is 541. The van der Waals surface area contributed by atoms with E-state index in [1.54, 1.807) is 0 Å². The molecule has 2 rings (SSSR count). The summed E-state index contributed by atoms with van der Waals surface area (Å²) in [5, 5.41) is 5.53. The molecule has 0 unspecified atom stereocenters. The van der Waals surface area contributed by atoms with Crippen LogP contribution in [0.3, 0.4) is 0 Å². The lowest BCUT2D eigenvalue weighted by molar-refractivity contribution is 0.571. The smallest absolute Gasteiger partial charge is 0.0672 e. The maximum atomic E-state index is 6.27. The Morgan fingerprint density at radius 2 is 2.06 bits per heavy atom. The number of benzene rings is 1. The molecule has 0 saturated carbocycles. The average molecular weight is 251 g/mol. The lowest BCUT2D eigenvalue weighted by atomic mass is 10.1. The number of para-hydroxylation sites is 1. The summed E-state index contributed by atoms with van der Waals surface area (Å²) in [4.78, 5) is 0. The van der Waals surface area contributed by atoms with Gasteiger partial charge in [0.15, 0.2) is 0 Å². The zero-order valence-corrected chi connectivity index (χ0v) is 11.6. The standard InChI is InChI=1S/C14H19ClN2/c1-9(2)16-8-13-10(3)11-6-5-7-12(15)14(11)17(13)4/h5-7,9,16H,8H2,1-4H3. The molecule has 2 aromatic rings. The minimum atomic E-state index is 0.489. The van der Waals surface area contributed by atoms with Gasteiger partial charge in [-0.15, -0.1) is 0 Å². The van der Waals surface area contributed by atoms with Crippen LogP contribution < -0.4 is 5.32 Å². The number of nitrogens with one attached hydrogen (secondary N) is 1. The topological polar surface area (TPSA) is 17.0 Å². The van der Waals surface area contributed by atoms with Crippen LogP contribution in [0.25, 0.3) is 10.9 Å². The Morgan fingerprint density at radius 1 is 1.35 bits per heavy atom. The van der Waals surface area contributed by atoms with Gasteiger partial charge < -0.3 is 9.88 Å². The average Bonchev–Trinajstić information content (AvgIpc) is 2.50. The van der Waals surface area contributed by atoms with Crippen LogP contribution >= 0.6 is 11.6 Å². The first-order chi connectivity index (χ1) is 8.02. The molecule has 0 amide bonds. The molecule has 1 heterocycles. The summed E-state index contributed by atoms with van der Waals surface area (Å²) in [6.45, 7) is 7.36. The quantitative estimate of drug-likeness (QED) is 0.880. The number of fused-ring (bicyclic) bond motifs is 1. The monoisotopic (exact) mass is 250 g/mol. The third-order valence-electron chi connectivity index (χ3n) is 3.24. The Kier molecular flexibility index (Phi) is 3.45. The Hall–Kier alpha value is -0.990. The molecule has 0 fully saturated rings. The first-order valence-electron chi connectivity index (χ1n) is 5.98. The highest BCUT2D eigenvalue weighted by Crippen LogP contribution is 2.30. The molecular weight excluding hydrogens is 232 g/mol. The SMILES string of the molecule is Cc1c(CNC(C)C)n(C)c2c(Cl)cccc12. The summed E-state index contributed by atoms with van der Waals surface area (Å²) >= 11 is 6.27. The van der Waals surface area contributed by atoms with E-state index in [1.807, 2.05) is 12.1 Å². The van der Waals surface area contributed by atoms with Crippen molar-refractivity contribution in [3.63, 3.8) is 0 Å². The molecule has 1 N–H and O–H groups in total. The van der Waals surface area contributed by atoms with Gasteiger partial charge in [-0.05, 0) is 18.6 Å². The molecule has 0 radical (unpaired) electrons. The second-order valence-electron chi connectivity index (χ2n) is 4.80. The van der Waals surface area contributed by atoms with Crippen LogP contribution in [0.5, 0.6) is 0 Å². The largest absolute Gasteiger partial charge is 0.345 e. The van der Waals surface area contributed by atoms with E-state index in [4.69, 9.17) is 11.6 Å². The fourth-order valence-electron chi connectivity index (χ4n) is 2.25. The maximum absolute atomic E-state index is 6.27. The second kappa shape index (κ2) is 4.71. The molecule has 92 valence electrons. The molecule has 0 aliphatic carbocycles. The van der Waals surface area contributed by atoms with Gasteiger partial charge >= 0.3 is 0 Å². The van der Waals surface area contributed by atoms with Crippen molar-refractivity contribution < 1.29 is 0 Å². The van der Waals surface area contributed by atoms with Crippen LogP contribution in [0, 0.1) is 6.92 Å². The molecule has 1 aromatic heterocycles. The van der Waals surface area contributed by atoms with E-state index in [1.165, 1.54) is 16.6 Å². The van der Waals surface area contributed by atoms with Gasteiger partial charge in [-0.25, -0.2) is 0 Å². The highest BCUT2D eigenvalue weighted by atomic mass is 35.5. The minimum Gasteiger partial charge on any atom is -0.345 e. The van der Waals surface area contributed by atoms with Crippen molar-refractivity contribution in [2.45, 2.75) is 33.4 Å². The molecule has 0 aliphatic rings. The van der Waals surface area contributed by atoms with Gasteiger partial charge in [0, 0.05) is 30.7 Å². The van der Waals surface area contributed by atoms with Crippen LogP contribution in [0.2, 0.25) is 5.02 Å². The molecule has 0 spiro atoms. The Morgan fingerprint density at radius 3 is 2.65 bits per heavy atom. The molecule has 17 heavy (non-hydrogen) atoms. The summed E-state index contributed by atoms with van der Waals surface area (Å²) in [6, 6.07) is 6.58. The van der Waals surface area contributed by atoms with Crippen LogP contribution in [-0.4, -0.2) is 10.6 Å². The summed E-state index contributed by atoms with van der Waals surface area (Å²) < 4.78 is 2.20. The number of aromatic nitrogens is 1. The predicted octanol–water partition coefficient (Wildman–Crippen LogP) is 3.64. The van der Waals surface area contributed by atoms with Crippen molar-refractivity contribution in [2.24, 2.45) is 7.05 Å². The fourth-order valence-corrected chi connectivity index (χ4v) is 2.55. The number of nitrogens with zero attached hydrogens (tertiary/aromatic N) is 1. The highest BCUT2D eigenvalue weighted by Gasteiger charge is 2.13. The van der Waals surface area contributed by atoms with E-state index in [-0.39, 0.29) is 0 Å². The van der Waals surface area contributed by atoms with Gasteiger partial charge in [0.2, 0.25) is 0 Å². The second-order valence-corrected chi connectivity index (χ2v) is 5.21. The molecule has 0 bridgehead atoms. The number of hydrogen-bond acceptors (Lipinski definition) is 1. The molecule has 1 aromatic carbocycles. The molecule has 0 aliphatic heterocycles. The first-order valence-corrected chi connectivity index (χ1v) is 6.36. The van der Waals surface area contributed by atoms with Crippen molar-refractivity contribution in [1.82, 2.24) is 9.88 Å². The van der Waals surface area contributed by atoms with Crippen molar-refractivity contribution in [3.05, 3.63) is 34.5 Å². The molecular formula is C14H19ClN2. The number of rotatable bonds is 3. The van der Waals surface area contributed by atoms with E-state index >= 15 is 0 Å². The number of aryl methyl sites for hydroxylation is 2. The lowest BCUT2D eigenvalue weighted by Crippen LogP contribution is -2.23. The van der Waals surface area contributed by atoms with Gasteiger partial charge in [0.05, 0.1) is 10.5 Å². The zero-order valence-electron chi connectivity index (χ0n) is 10.8. The predicted molar refractivity (Wildman–Crippen MR) is 74.6 cm³/mol. The van der Waals surface area contributed by atoms with Crippen molar-refractivity contribution in [2.75, 3.05) is 0 Å². The molecule has 0 atom stereocenters. The maximum Gasteiger partial charge on any atom is 0.0672 e. The van der Waals surface area contributed by atoms with Crippen LogP contribution in [0.4, 0.5) is 0 Å². The summed E-state index contributed by atoms with van der Waals surface area (Å²) in [5.41, 5.74) is 3.76. The summed E-state index contributed by atoms with van der Waals surface area (Å²) in [6.07, 6.45) is 0. The summed E-state index contributed by atoms with van der Waals surface area (Å²) in [7, 11) is 2.08. The third-order valence-corrected chi connectivity index (χ3v) is 3.55. The zero-order chi connectivity index (χ0) is 12.6. The van der Waals surface area contributed by atoms with Crippen molar-refractivity contribution >= 4 is 22.5 Å². The fraction of sp³-hybridized carbons (Fsp3) is 0.429. The van der Waals surface area contributed by atoms with E-state index in [0.717, 1.165) is 17.1 Å². The van der Waals surface area contributed by atoms with Crippen molar-refractivity contribution in [1.29, 1.82) is 0 Å². The van der Waals surface area contributed by atoms with E-state index < -0.39 is 0 Å². The lowest BCUT2D eigenvalue weighted by Gasteiger charge is -2.10. The number of hydrogen-bond donors (Lipinski definition) is 1. The van der Waals surface area contributed by atoms with Gasteiger partial charge in [-0.3, -0.25) is 0 Å². The van der Waals surface area contributed by atoms with Crippen molar-refractivity contribution in [3.8, 4) is 0 Å². The molecule has 3 heteroatoms. The number of halogens is 1. The van der Waals surface area contributed by atoms with Gasteiger partial charge in [-0.1, -0.05) is 37.6 Å². The Balaban J connectivity index is 2.53. The van der Waals surface area contributed by atoms with E-state index in [2.05, 4.69) is 43.8 Å². The van der Waals surface area contributed by atoms with Crippen LogP contribution in [-0.2, 0) is 13.6 Å². The summed E-state index contributed by atoms with van der Waals surface area (Å²) in [5.74, 6) is 0. The molecule has 0 saturated heterocycles. The van der Waals surface area contributed by atoms with Crippen LogP contribution in [0.15, 0.2) is 18.2 Å². The highest BCUT2D eigenvalue weighted by molar-refractivity contribution is 6.35. The van der Waals surface area contributed by atoms with Crippen LogP contribution in [0.1, 0.15) is 25.1 Å².